The van der Waals surface area contributed by atoms with Gasteiger partial charge in [0.2, 0.25) is 4.96 Å². The summed E-state index contributed by atoms with van der Waals surface area (Å²) in [5, 5.41) is 7.87. The van der Waals surface area contributed by atoms with Gasteiger partial charge in [0.1, 0.15) is 11.2 Å². The zero-order valence-corrected chi connectivity index (χ0v) is 21.7. The third kappa shape index (κ3) is 4.81. The van der Waals surface area contributed by atoms with E-state index in [0.29, 0.717) is 28.3 Å². The minimum atomic E-state index is -0.130. The summed E-state index contributed by atoms with van der Waals surface area (Å²) in [4.78, 5) is 35.9. The number of anilines is 1. The topological polar surface area (TPSA) is 88.7 Å². The molecule has 0 bridgehead atoms. The molecule has 2 heterocycles. The van der Waals surface area contributed by atoms with E-state index in [0.717, 1.165) is 33.3 Å². The van der Waals surface area contributed by atoms with E-state index in [2.05, 4.69) is 15.4 Å². The molecule has 0 fully saturated rings. The molecule has 2 aromatic heterocycles. The summed E-state index contributed by atoms with van der Waals surface area (Å²) in [5.41, 5.74) is 6.32. The number of hydrogen-bond donors (Lipinski definition) is 1. The molecule has 0 aliphatic heterocycles. The Morgan fingerprint density at radius 2 is 1.71 bits per heavy atom. The number of hydrogen-bond acceptors (Lipinski definition) is 8. The molecule has 0 unspecified atom stereocenters. The highest BCUT2D eigenvalue weighted by atomic mass is 32.2. The van der Waals surface area contributed by atoms with Gasteiger partial charge in [-0.3, -0.25) is 14.6 Å². The van der Waals surface area contributed by atoms with Crippen molar-refractivity contribution in [2.45, 2.75) is 0 Å². The first-order chi connectivity index (χ1) is 18.7. The van der Waals surface area contributed by atoms with E-state index < -0.39 is 0 Å². The molecule has 38 heavy (non-hydrogen) atoms. The van der Waals surface area contributed by atoms with Gasteiger partial charge in [-0.25, -0.2) is 4.98 Å². The van der Waals surface area contributed by atoms with E-state index >= 15 is 0 Å². The number of benzene rings is 3. The largest absolute Gasteiger partial charge is 0.367 e. The lowest BCUT2D eigenvalue weighted by Crippen LogP contribution is -2.16. The number of aliphatic imine (C=N–C) groups is 1. The minimum absolute atomic E-state index is 0.104. The van der Waals surface area contributed by atoms with Gasteiger partial charge < -0.3 is 5.32 Å². The molecule has 0 saturated carbocycles. The van der Waals surface area contributed by atoms with Gasteiger partial charge in [-0.05, 0) is 17.7 Å². The molecule has 0 saturated heterocycles. The number of thioether (sulfide) groups is 1. The van der Waals surface area contributed by atoms with E-state index in [1.165, 1.54) is 29.2 Å². The van der Waals surface area contributed by atoms with E-state index in [1.807, 2.05) is 60.8 Å². The third-order valence-electron chi connectivity index (χ3n) is 6.02. The molecule has 186 valence electrons. The van der Waals surface area contributed by atoms with Crippen LogP contribution in [0, 0.1) is 0 Å². The number of carbonyl (C=O) groups is 2. The minimum Gasteiger partial charge on any atom is -0.367 e. The molecule has 1 aliphatic carbocycles. The van der Waals surface area contributed by atoms with Crippen LogP contribution in [0.3, 0.4) is 0 Å². The smallest absolute Gasteiger partial charge is 0.214 e. The fourth-order valence-corrected chi connectivity index (χ4v) is 5.65. The molecule has 7 nitrogen and oxygen atoms in total. The van der Waals surface area contributed by atoms with Gasteiger partial charge in [-0.15, -0.1) is 11.8 Å². The molecule has 0 radical (unpaired) electrons. The van der Waals surface area contributed by atoms with Crippen LogP contribution in [-0.4, -0.2) is 44.7 Å². The number of nitrogens with zero attached hydrogens (tertiary/aromatic N) is 4. The highest BCUT2D eigenvalue weighted by Crippen LogP contribution is 2.32. The number of Topliss-reactive ketones (excluding diaryl/α,β-unsaturated/α-hetero) is 1. The predicted octanol–water partition coefficient (Wildman–Crippen LogP) is 6.32. The van der Waals surface area contributed by atoms with Gasteiger partial charge >= 0.3 is 0 Å². The number of nitrogens with one attached hydrogen (secondary N) is 1. The summed E-state index contributed by atoms with van der Waals surface area (Å²) in [7, 11) is 0. The number of allylic oxidation sites excluding steroid dienone is 2. The van der Waals surface area contributed by atoms with Crippen molar-refractivity contribution in [2.24, 2.45) is 4.99 Å². The second kappa shape index (κ2) is 10.6. The van der Waals surface area contributed by atoms with Crippen molar-refractivity contribution in [1.29, 1.82) is 0 Å². The van der Waals surface area contributed by atoms with Crippen LogP contribution in [0.2, 0.25) is 0 Å². The van der Waals surface area contributed by atoms with Crippen LogP contribution in [0.15, 0.2) is 100 Å². The van der Waals surface area contributed by atoms with E-state index in [9.17, 15) is 9.59 Å². The van der Waals surface area contributed by atoms with Crippen LogP contribution in [0.4, 0.5) is 11.5 Å². The molecular formula is C29H21N5O2S2. The first-order valence-electron chi connectivity index (χ1n) is 12.0. The fourth-order valence-electron chi connectivity index (χ4n) is 4.18. The van der Waals surface area contributed by atoms with Crippen molar-refractivity contribution in [1.82, 2.24) is 14.6 Å². The Hall–Kier alpha value is -4.34. The predicted molar refractivity (Wildman–Crippen MR) is 154 cm³/mol. The van der Waals surface area contributed by atoms with Crippen LogP contribution in [0.25, 0.3) is 16.2 Å². The maximum Gasteiger partial charge on any atom is 0.214 e. The van der Waals surface area contributed by atoms with Gasteiger partial charge in [-0.1, -0.05) is 78.1 Å². The number of rotatable bonds is 8. The van der Waals surface area contributed by atoms with Gasteiger partial charge in [0.25, 0.3) is 0 Å². The molecule has 9 heteroatoms. The maximum absolute atomic E-state index is 12.8. The van der Waals surface area contributed by atoms with Gasteiger partial charge in [0, 0.05) is 41.3 Å². The number of ketones is 2. The van der Waals surface area contributed by atoms with Gasteiger partial charge in [-0.2, -0.15) is 9.61 Å². The van der Waals surface area contributed by atoms with Crippen molar-refractivity contribution in [2.75, 3.05) is 17.6 Å². The van der Waals surface area contributed by atoms with Crippen LogP contribution >= 0.6 is 23.1 Å². The second-order valence-corrected chi connectivity index (χ2v) is 10.4. The average molecular weight is 536 g/mol. The normalized spacial score (nSPS) is 13.2. The fraction of sp³-hybridized carbons (Fsp3) is 0.0690. The number of carbonyl (C=O) groups excluding carboxylic acids is 2. The van der Waals surface area contributed by atoms with Crippen molar-refractivity contribution in [3.63, 3.8) is 0 Å². The molecule has 0 amide bonds. The van der Waals surface area contributed by atoms with Crippen molar-refractivity contribution >= 4 is 57.3 Å². The Bertz CT molecular complexity index is 1700. The maximum atomic E-state index is 12.8. The van der Waals surface area contributed by atoms with E-state index in [-0.39, 0.29) is 11.6 Å². The Kier molecular flexibility index (Phi) is 6.68. The Balaban J connectivity index is 1.15. The summed E-state index contributed by atoms with van der Waals surface area (Å²) in [6.45, 7) is 0.558. The quantitative estimate of drug-likeness (QED) is 0.185. The van der Waals surface area contributed by atoms with E-state index in [4.69, 9.17) is 4.98 Å². The first-order valence-corrected chi connectivity index (χ1v) is 13.8. The molecule has 0 spiro atoms. The lowest BCUT2D eigenvalue weighted by atomic mass is 9.95. The van der Waals surface area contributed by atoms with E-state index in [1.54, 1.807) is 34.3 Å². The first kappa shape index (κ1) is 24.0. The highest BCUT2D eigenvalue weighted by Gasteiger charge is 2.25. The highest BCUT2D eigenvalue weighted by molar-refractivity contribution is 8.04. The molecule has 6 rings (SSSR count). The summed E-state index contributed by atoms with van der Waals surface area (Å²) in [6, 6.07) is 24.8. The Morgan fingerprint density at radius 3 is 2.53 bits per heavy atom. The number of imidazole rings is 1. The summed E-state index contributed by atoms with van der Waals surface area (Å²) in [5.74, 6) is 1.14. The lowest BCUT2D eigenvalue weighted by Gasteiger charge is -2.14. The summed E-state index contributed by atoms with van der Waals surface area (Å²) < 4.78 is 1.79. The Labute approximate surface area is 227 Å². The molecule has 3 aromatic carbocycles. The number of aromatic nitrogens is 3. The van der Waals surface area contributed by atoms with Crippen LogP contribution < -0.4 is 5.32 Å². The zero-order valence-electron chi connectivity index (χ0n) is 20.1. The van der Waals surface area contributed by atoms with Crippen molar-refractivity contribution in [3.8, 4) is 11.3 Å². The van der Waals surface area contributed by atoms with Crippen molar-refractivity contribution < 1.29 is 9.59 Å². The summed E-state index contributed by atoms with van der Waals surface area (Å²) in [6.07, 6.45) is 3.29. The molecule has 0 atom stereocenters. The average Bonchev–Trinajstić information content (AvgIpc) is 3.55. The summed E-state index contributed by atoms with van der Waals surface area (Å²) >= 11 is 2.84. The molecule has 1 aliphatic rings. The lowest BCUT2D eigenvalue weighted by molar-refractivity contribution is 0.0991. The standard InChI is InChI=1S/C29H21N5O2S2/c35-24-16-25(27(36)23-9-5-4-8-22(23)24)37-15-14-30-28-26(33-29-34(28)32-18-38-29)20-10-12-21(13-11-20)31-17-19-6-2-1-3-7-19/h1-13,16-18,30H,14-15H2. The number of fused-ring (bicyclic) bond motifs is 2. The third-order valence-corrected chi connectivity index (χ3v) is 7.72. The Morgan fingerprint density at radius 1 is 0.947 bits per heavy atom. The second-order valence-electron chi connectivity index (χ2n) is 8.48. The van der Waals surface area contributed by atoms with Crippen LogP contribution in [0.1, 0.15) is 26.3 Å². The monoisotopic (exact) mass is 535 g/mol. The van der Waals surface area contributed by atoms with Crippen LogP contribution in [0.5, 0.6) is 0 Å². The molecule has 1 N–H and O–H groups in total. The molecular weight excluding hydrogens is 514 g/mol. The zero-order chi connectivity index (χ0) is 25.9. The van der Waals surface area contributed by atoms with Crippen molar-refractivity contribution in [3.05, 3.63) is 112 Å². The van der Waals surface area contributed by atoms with Crippen LogP contribution in [-0.2, 0) is 0 Å². The SMILES string of the molecule is O=C1C=C(SCCNc2c(-c3ccc(N=Cc4ccccc4)cc3)nc3scnn23)C(=O)c2ccccc21. The molecule has 5 aromatic rings. The van der Waals surface area contributed by atoms with Gasteiger partial charge in [0.05, 0.1) is 10.6 Å². The van der Waals surface area contributed by atoms with Gasteiger partial charge in [0.15, 0.2) is 17.4 Å².